The number of aromatic nitrogens is 2. The average molecular weight is 344 g/mol. The van der Waals surface area contributed by atoms with Crippen LogP contribution in [-0.2, 0) is 8.98 Å². The summed E-state index contributed by atoms with van der Waals surface area (Å²) in [5.74, 6) is 0.360. The monoisotopic (exact) mass is 344 g/mol. The van der Waals surface area contributed by atoms with Crippen molar-refractivity contribution < 1.29 is 13.2 Å². The Morgan fingerprint density at radius 2 is 2.00 bits per heavy atom. The molecule has 7 nitrogen and oxygen atoms in total. The minimum atomic E-state index is -0.548. The second-order valence-corrected chi connectivity index (χ2v) is 5.84. The van der Waals surface area contributed by atoms with Gasteiger partial charge in [-0.15, -0.1) is 0 Å². The standard InChI is InChI=1S/C16H16N4O3S/c1-10-8-19-14(9-18-10)20-16(21)15(17)11-2-4-12(5-3-11)22-24-23-13-6-7-13/h2-5,8-9,13,17H,6-7H2,1H3,(H,19,20,21). The summed E-state index contributed by atoms with van der Waals surface area (Å²) in [5, 5.41) is 10.5. The van der Waals surface area contributed by atoms with Gasteiger partial charge in [0.05, 0.1) is 24.2 Å². The minimum Gasteiger partial charge on any atom is -0.400 e. The fourth-order valence-corrected chi connectivity index (χ4v) is 2.26. The van der Waals surface area contributed by atoms with Crippen molar-refractivity contribution in [2.24, 2.45) is 0 Å². The lowest BCUT2D eigenvalue weighted by Gasteiger charge is -2.07. The third-order valence-corrected chi connectivity index (χ3v) is 3.83. The maximum absolute atomic E-state index is 12.1. The molecule has 0 atom stereocenters. The second kappa shape index (κ2) is 7.41. The predicted molar refractivity (Wildman–Crippen MR) is 91.0 cm³/mol. The summed E-state index contributed by atoms with van der Waals surface area (Å²) in [7, 11) is 0. The van der Waals surface area contributed by atoms with Crippen LogP contribution in [0.3, 0.4) is 0 Å². The van der Waals surface area contributed by atoms with Gasteiger partial charge in [-0.1, -0.05) is 0 Å². The van der Waals surface area contributed by atoms with Gasteiger partial charge in [-0.25, -0.2) is 4.98 Å². The van der Waals surface area contributed by atoms with Crippen molar-refractivity contribution in [3.8, 4) is 5.75 Å². The molecule has 0 unspecified atom stereocenters. The number of hydrogen-bond acceptors (Lipinski definition) is 7. The number of hydrogen-bond donors (Lipinski definition) is 2. The van der Waals surface area contributed by atoms with Crippen molar-refractivity contribution >= 4 is 29.8 Å². The normalized spacial score (nSPS) is 13.4. The Labute approximate surface area is 143 Å². The molecule has 0 radical (unpaired) electrons. The smallest absolute Gasteiger partial charge is 0.275 e. The van der Waals surface area contributed by atoms with Crippen LogP contribution in [-0.4, -0.2) is 27.7 Å². The Hall–Kier alpha value is -2.45. The van der Waals surface area contributed by atoms with Crippen molar-refractivity contribution in [2.45, 2.75) is 25.9 Å². The van der Waals surface area contributed by atoms with Crippen molar-refractivity contribution in [3.05, 3.63) is 47.9 Å². The number of benzene rings is 1. The molecule has 1 aliphatic rings. The van der Waals surface area contributed by atoms with E-state index < -0.39 is 5.91 Å². The van der Waals surface area contributed by atoms with Crippen LogP contribution in [0.5, 0.6) is 5.75 Å². The number of nitrogens with one attached hydrogen (secondary N) is 2. The molecule has 2 aromatic rings. The zero-order chi connectivity index (χ0) is 16.9. The lowest BCUT2D eigenvalue weighted by atomic mass is 10.1. The zero-order valence-corrected chi connectivity index (χ0v) is 13.8. The minimum absolute atomic E-state index is 0.161. The topological polar surface area (TPSA) is 97.2 Å². The largest absolute Gasteiger partial charge is 0.400 e. The van der Waals surface area contributed by atoms with E-state index in [4.69, 9.17) is 13.8 Å². The van der Waals surface area contributed by atoms with Gasteiger partial charge in [0.15, 0.2) is 5.82 Å². The summed E-state index contributed by atoms with van der Waals surface area (Å²) < 4.78 is 10.7. The van der Waals surface area contributed by atoms with Gasteiger partial charge < -0.3 is 9.50 Å². The van der Waals surface area contributed by atoms with Gasteiger partial charge in [0.1, 0.15) is 11.5 Å². The van der Waals surface area contributed by atoms with Gasteiger partial charge in [0.25, 0.3) is 5.91 Å². The first-order chi connectivity index (χ1) is 11.6. The molecule has 0 saturated heterocycles. The highest BCUT2D eigenvalue weighted by atomic mass is 32.2. The van der Waals surface area contributed by atoms with Crippen LogP contribution in [0.4, 0.5) is 5.82 Å². The van der Waals surface area contributed by atoms with E-state index in [2.05, 4.69) is 15.3 Å². The SMILES string of the molecule is Cc1cnc(NC(=O)C(=N)c2ccc(OSOC3CC3)cc2)cn1. The summed E-state index contributed by atoms with van der Waals surface area (Å²) >= 11 is 0.952. The van der Waals surface area contributed by atoms with E-state index in [-0.39, 0.29) is 5.71 Å². The second-order valence-electron chi connectivity index (χ2n) is 5.34. The van der Waals surface area contributed by atoms with E-state index in [0.717, 1.165) is 30.9 Å². The van der Waals surface area contributed by atoms with Crippen LogP contribution in [0, 0.1) is 12.3 Å². The quantitative estimate of drug-likeness (QED) is 0.592. The van der Waals surface area contributed by atoms with E-state index in [1.165, 1.54) is 6.20 Å². The molecule has 1 aliphatic carbocycles. The first kappa shape index (κ1) is 16.4. The molecular formula is C16H16N4O3S. The van der Waals surface area contributed by atoms with Crippen molar-refractivity contribution in [3.63, 3.8) is 0 Å². The van der Waals surface area contributed by atoms with Gasteiger partial charge in [-0.3, -0.25) is 19.4 Å². The third-order valence-electron chi connectivity index (χ3n) is 3.22. The van der Waals surface area contributed by atoms with Gasteiger partial charge in [0, 0.05) is 5.56 Å². The molecule has 0 aliphatic heterocycles. The van der Waals surface area contributed by atoms with Crippen LogP contribution >= 0.6 is 12.3 Å². The zero-order valence-electron chi connectivity index (χ0n) is 13.0. The first-order valence-corrected chi connectivity index (χ1v) is 8.07. The van der Waals surface area contributed by atoms with E-state index in [1.54, 1.807) is 37.4 Å². The maximum atomic E-state index is 12.1. The number of carbonyl (C=O) groups is 1. The Balaban J connectivity index is 1.54. The molecule has 24 heavy (non-hydrogen) atoms. The van der Waals surface area contributed by atoms with Gasteiger partial charge >= 0.3 is 0 Å². The highest BCUT2D eigenvalue weighted by Crippen LogP contribution is 2.29. The van der Waals surface area contributed by atoms with Crippen molar-refractivity contribution in [1.82, 2.24) is 9.97 Å². The highest BCUT2D eigenvalue weighted by molar-refractivity contribution is 7.90. The molecular weight excluding hydrogens is 328 g/mol. The summed E-state index contributed by atoms with van der Waals surface area (Å²) in [5.41, 5.74) is 1.07. The molecule has 1 saturated carbocycles. The van der Waals surface area contributed by atoms with E-state index in [1.807, 2.05) is 0 Å². The number of nitrogens with zero attached hydrogens (tertiary/aromatic N) is 2. The fourth-order valence-electron chi connectivity index (χ4n) is 1.72. The molecule has 0 bridgehead atoms. The number of anilines is 1. The fraction of sp³-hybridized carbons (Fsp3) is 0.250. The highest BCUT2D eigenvalue weighted by Gasteiger charge is 2.23. The summed E-state index contributed by atoms with van der Waals surface area (Å²) in [6.07, 6.45) is 5.46. The average Bonchev–Trinajstić information content (AvgIpc) is 3.41. The van der Waals surface area contributed by atoms with E-state index in [0.29, 0.717) is 23.2 Å². The maximum Gasteiger partial charge on any atom is 0.275 e. The Bertz CT molecular complexity index is 730. The first-order valence-electron chi connectivity index (χ1n) is 7.41. The summed E-state index contributed by atoms with van der Waals surface area (Å²) in [6, 6.07) is 6.67. The van der Waals surface area contributed by atoms with Crippen LogP contribution in [0.25, 0.3) is 0 Å². The van der Waals surface area contributed by atoms with Crippen molar-refractivity contribution in [2.75, 3.05) is 5.32 Å². The summed E-state index contributed by atoms with van der Waals surface area (Å²) in [4.78, 5) is 20.2. The number of amides is 1. The van der Waals surface area contributed by atoms with Crippen LogP contribution in [0.2, 0.25) is 0 Å². The lowest BCUT2D eigenvalue weighted by Crippen LogP contribution is -2.23. The Kier molecular flexibility index (Phi) is 5.07. The predicted octanol–water partition coefficient (Wildman–Crippen LogP) is 2.91. The third kappa shape index (κ3) is 4.53. The molecule has 1 amide bonds. The molecule has 124 valence electrons. The molecule has 3 rings (SSSR count). The molecule has 0 spiro atoms. The number of carbonyl (C=O) groups excluding carboxylic acids is 1. The Morgan fingerprint density at radius 1 is 1.25 bits per heavy atom. The lowest BCUT2D eigenvalue weighted by molar-refractivity contribution is -0.110. The molecule has 1 aromatic carbocycles. The van der Waals surface area contributed by atoms with E-state index >= 15 is 0 Å². The molecule has 1 aromatic heterocycles. The number of rotatable bonds is 7. The van der Waals surface area contributed by atoms with Crippen LogP contribution in [0.15, 0.2) is 36.7 Å². The van der Waals surface area contributed by atoms with E-state index in [9.17, 15) is 4.79 Å². The van der Waals surface area contributed by atoms with Crippen LogP contribution in [0.1, 0.15) is 24.1 Å². The summed E-state index contributed by atoms with van der Waals surface area (Å²) in [6.45, 7) is 1.80. The van der Waals surface area contributed by atoms with Crippen molar-refractivity contribution in [1.29, 1.82) is 5.41 Å². The van der Waals surface area contributed by atoms with Gasteiger partial charge in [-0.05, 0) is 44.0 Å². The molecule has 2 N–H and O–H groups in total. The van der Waals surface area contributed by atoms with Gasteiger partial charge in [0.2, 0.25) is 12.3 Å². The molecule has 1 heterocycles. The number of aryl methyl sites for hydroxylation is 1. The molecule has 8 heteroatoms. The van der Waals surface area contributed by atoms with Crippen LogP contribution < -0.4 is 9.50 Å². The Morgan fingerprint density at radius 3 is 2.62 bits per heavy atom. The molecule has 1 fully saturated rings. The van der Waals surface area contributed by atoms with Gasteiger partial charge in [-0.2, -0.15) is 0 Å².